The minimum Gasteiger partial charge on any atom is -0.452 e. The smallest absolute Gasteiger partial charge is 0.303 e. The maximum absolute atomic E-state index is 11.1. The molecule has 2 amide bonds. The molecule has 0 bridgehead atoms. The first-order chi connectivity index (χ1) is 5.97. The SMILES string of the molecule is CCC(OC(C)=O)C(=O)NC(C)=O. The van der Waals surface area contributed by atoms with Gasteiger partial charge in [-0.1, -0.05) is 6.92 Å². The molecule has 0 aromatic carbocycles. The average molecular weight is 187 g/mol. The summed E-state index contributed by atoms with van der Waals surface area (Å²) < 4.78 is 4.66. The highest BCUT2D eigenvalue weighted by Gasteiger charge is 2.19. The molecule has 0 saturated heterocycles. The number of hydrogen-bond acceptors (Lipinski definition) is 4. The van der Waals surface area contributed by atoms with E-state index >= 15 is 0 Å². The maximum Gasteiger partial charge on any atom is 0.303 e. The lowest BCUT2D eigenvalue weighted by Gasteiger charge is -2.12. The summed E-state index contributed by atoms with van der Waals surface area (Å²) in [5.74, 6) is -1.58. The Hall–Kier alpha value is -1.39. The van der Waals surface area contributed by atoms with E-state index in [1.807, 2.05) is 5.32 Å². The van der Waals surface area contributed by atoms with Crippen molar-refractivity contribution in [3.63, 3.8) is 0 Å². The standard InChI is InChI=1S/C8H13NO4/c1-4-7(13-6(3)11)8(12)9-5(2)10/h7H,4H2,1-3H3,(H,9,10,12). The van der Waals surface area contributed by atoms with Crippen molar-refractivity contribution in [3.05, 3.63) is 0 Å². The molecule has 5 nitrogen and oxygen atoms in total. The number of nitrogens with one attached hydrogen (secondary N) is 1. The molecule has 0 aliphatic rings. The van der Waals surface area contributed by atoms with Gasteiger partial charge < -0.3 is 4.74 Å². The molecular formula is C8H13NO4. The summed E-state index contributed by atoms with van der Waals surface area (Å²) in [6.45, 7) is 4.12. The van der Waals surface area contributed by atoms with Gasteiger partial charge in [0.1, 0.15) is 0 Å². The second-order valence-corrected chi connectivity index (χ2v) is 2.55. The molecule has 1 atom stereocenters. The lowest BCUT2D eigenvalue weighted by molar-refractivity contribution is -0.155. The van der Waals surface area contributed by atoms with E-state index in [-0.39, 0.29) is 0 Å². The minimum atomic E-state index is -0.874. The third kappa shape index (κ3) is 4.95. The maximum atomic E-state index is 11.1. The number of amides is 2. The van der Waals surface area contributed by atoms with Crippen LogP contribution in [0.1, 0.15) is 27.2 Å². The van der Waals surface area contributed by atoms with Crippen molar-refractivity contribution < 1.29 is 19.1 Å². The fraction of sp³-hybridized carbons (Fsp3) is 0.625. The molecule has 0 fully saturated rings. The zero-order valence-corrected chi connectivity index (χ0v) is 7.92. The van der Waals surface area contributed by atoms with E-state index in [0.29, 0.717) is 6.42 Å². The van der Waals surface area contributed by atoms with Crippen molar-refractivity contribution in [1.82, 2.24) is 5.32 Å². The minimum absolute atomic E-state index is 0.346. The van der Waals surface area contributed by atoms with Crippen LogP contribution in [-0.4, -0.2) is 23.9 Å². The van der Waals surface area contributed by atoms with Crippen LogP contribution in [0.25, 0.3) is 0 Å². The second-order valence-electron chi connectivity index (χ2n) is 2.55. The first-order valence-electron chi connectivity index (χ1n) is 3.96. The Morgan fingerprint density at radius 3 is 2.15 bits per heavy atom. The van der Waals surface area contributed by atoms with Crippen LogP contribution < -0.4 is 5.32 Å². The van der Waals surface area contributed by atoms with Crippen molar-refractivity contribution in [2.24, 2.45) is 0 Å². The number of rotatable bonds is 3. The molecule has 0 heterocycles. The van der Waals surface area contributed by atoms with Crippen molar-refractivity contribution in [2.45, 2.75) is 33.3 Å². The van der Waals surface area contributed by atoms with Gasteiger partial charge in [-0.05, 0) is 6.42 Å². The quantitative estimate of drug-likeness (QED) is 0.631. The van der Waals surface area contributed by atoms with Crippen molar-refractivity contribution in [3.8, 4) is 0 Å². The van der Waals surface area contributed by atoms with Gasteiger partial charge in [0.15, 0.2) is 6.10 Å². The summed E-state index contributed by atoms with van der Waals surface area (Å²) in [4.78, 5) is 32.1. The lowest BCUT2D eigenvalue weighted by atomic mass is 10.2. The summed E-state index contributed by atoms with van der Waals surface area (Å²) >= 11 is 0. The molecule has 0 aliphatic heterocycles. The molecule has 74 valence electrons. The highest BCUT2D eigenvalue weighted by atomic mass is 16.5. The monoisotopic (exact) mass is 187 g/mol. The summed E-state index contributed by atoms with van der Waals surface area (Å²) in [6.07, 6.45) is -0.528. The average Bonchev–Trinajstić information content (AvgIpc) is 1.98. The highest BCUT2D eigenvalue weighted by molar-refractivity contribution is 5.96. The lowest BCUT2D eigenvalue weighted by Crippen LogP contribution is -2.39. The number of carbonyl (C=O) groups is 3. The van der Waals surface area contributed by atoms with Gasteiger partial charge in [-0.15, -0.1) is 0 Å². The molecule has 0 radical (unpaired) electrons. The predicted octanol–water partition coefficient (Wildman–Crippen LogP) is -0.00920. The largest absolute Gasteiger partial charge is 0.452 e. The molecule has 0 aromatic rings. The van der Waals surface area contributed by atoms with Gasteiger partial charge in [-0.2, -0.15) is 0 Å². The first-order valence-corrected chi connectivity index (χ1v) is 3.96. The predicted molar refractivity (Wildman–Crippen MR) is 44.7 cm³/mol. The van der Waals surface area contributed by atoms with Gasteiger partial charge in [0.25, 0.3) is 5.91 Å². The van der Waals surface area contributed by atoms with Gasteiger partial charge in [0.2, 0.25) is 5.91 Å². The van der Waals surface area contributed by atoms with E-state index in [0.717, 1.165) is 0 Å². The zero-order chi connectivity index (χ0) is 10.4. The molecule has 5 heteroatoms. The number of esters is 1. The summed E-state index contributed by atoms with van der Waals surface area (Å²) in [5.41, 5.74) is 0. The van der Waals surface area contributed by atoms with E-state index in [1.54, 1.807) is 6.92 Å². The topological polar surface area (TPSA) is 72.5 Å². The molecule has 1 N–H and O–H groups in total. The van der Waals surface area contributed by atoms with Crippen LogP contribution in [0.2, 0.25) is 0 Å². The Morgan fingerprint density at radius 2 is 1.85 bits per heavy atom. The van der Waals surface area contributed by atoms with Crippen LogP contribution in [-0.2, 0) is 19.1 Å². The summed E-state index contributed by atoms with van der Waals surface area (Å²) in [7, 11) is 0. The van der Waals surface area contributed by atoms with E-state index in [9.17, 15) is 14.4 Å². The van der Waals surface area contributed by atoms with E-state index in [2.05, 4.69) is 4.74 Å². The van der Waals surface area contributed by atoms with E-state index < -0.39 is 23.9 Å². The van der Waals surface area contributed by atoms with E-state index in [1.165, 1.54) is 13.8 Å². The van der Waals surface area contributed by atoms with Gasteiger partial charge >= 0.3 is 5.97 Å². The zero-order valence-electron chi connectivity index (χ0n) is 7.92. The summed E-state index contributed by atoms with van der Waals surface area (Å²) in [6, 6.07) is 0. The molecular weight excluding hydrogens is 174 g/mol. The van der Waals surface area contributed by atoms with Gasteiger partial charge in [-0.3, -0.25) is 19.7 Å². The van der Waals surface area contributed by atoms with Crippen LogP contribution in [0.15, 0.2) is 0 Å². The Morgan fingerprint density at radius 1 is 1.31 bits per heavy atom. The molecule has 0 spiro atoms. The Kier molecular flexibility index (Phi) is 4.72. The number of imide groups is 1. The third-order valence-corrected chi connectivity index (χ3v) is 1.27. The molecule has 1 unspecified atom stereocenters. The highest BCUT2D eigenvalue weighted by Crippen LogP contribution is 1.98. The molecule has 0 aliphatic carbocycles. The van der Waals surface area contributed by atoms with Gasteiger partial charge in [0, 0.05) is 13.8 Å². The number of hydrogen-bond donors (Lipinski definition) is 1. The molecule has 0 rings (SSSR count). The second kappa shape index (κ2) is 5.29. The van der Waals surface area contributed by atoms with Crippen LogP contribution in [0, 0.1) is 0 Å². The Balaban J connectivity index is 4.15. The normalized spacial score (nSPS) is 11.6. The molecule has 0 saturated carbocycles. The fourth-order valence-electron chi connectivity index (χ4n) is 0.777. The first kappa shape index (κ1) is 11.6. The van der Waals surface area contributed by atoms with Crippen LogP contribution in [0.3, 0.4) is 0 Å². The summed E-state index contributed by atoms with van der Waals surface area (Å²) in [5, 5.41) is 2.04. The number of ether oxygens (including phenoxy) is 1. The van der Waals surface area contributed by atoms with Crippen molar-refractivity contribution >= 4 is 17.8 Å². The van der Waals surface area contributed by atoms with Gasteiger partial charge in [0.05, 0.1) is 0 Å². The van der Waals surface area contributed by atoms with Crippen LogP contribution in [0.4, 0.5) is 0 Å². The Bertz CT molecular complexity index is 224. The van der Waals surface area contributed by atoms with E-state index in [4.69, 9.17) is 0 Å². The Labute approximate surface area is 76.4 Å². The van der Waals surface area contributed by atoms with Crippen LogP contribution in [0.5, 0.6) is 0 Å². The molecule has 0 aromatic heterocycles. The third-order valence-electron chi connectivity index (χ3n) is 1.27. The molecule has 13 heavy (non-hydrogen) atoms. The van der Waals surface area contributed by atoms with Crippen LogP contribution >= 0.6 is 0 Å². The van der Waals surface area contributed by atoms with Crippen molar-refractivity contribution in [2.75, 3.05) is 0 Å². The number of carbonyl (C=O) groups excluding carboxylic acids is 3. The van der Waals surface area contributed by atoms with Gasteiger partial charge in [-0.25, -0.2) is 0 Å². The van der Waals surface area contributed by atoms with Crippen molar-refractivity contribution in [1.29, 1.82) is 0 Å². The fourth-order valence-corrected chi connectivity index (χ4v) is 0.777.